The molecule has 0 fully saturated rings. The minimum atomic E-state index is -0.133. The van der Waals surface area contributed by atoms with Gasteiger partial charge in [0.1, 0.15) is 0 Å². The van der Waals surface area contributed by atoms with Crippen molar-refractivity contribution in [1.82, 2.24) is 10.3 Å². The lowest BCUT2D eigenvalue weighted by atomic mass is 10.0. The highest BCUT2D eigenvalue weighted by Crippen LogP contribution is 2.13. The molecule has 0 atom stereocenters. The van der Waals surface area contributed by atoms with E-state index in [1.807, 2.05) is 24.4 Å². The van der Waals surface area contributed by atoms with Gasteiger partial charge in [-0.2, -0.15) is 0 Å². The number of thiazole rings is 1. The number of benzene rings is 1. The third-order valence-corrected chi connectivity index (χ3v) is 3.59. The van der Waals surface area contributed by atoms with Crippen molar-refractivity contribution in [2.24, 2.45) is 0 Å². The molecule has 2 N–H and O–H groups in total. The van der Waals surface area contributed by atoms with E-state index >= 15 is 0 Å². The topological polar surface area (TPSA) is 62.2 Å². The zero-order chi connectivity index (χ0) is 15.1. The van der Waals surface area contributed by atoms with E-state index in [0.29, 0.717) is 18.5 Å². The fourth-order valence-electron chi connectivity index (χ4n) is 1.82. The number of carbonyl (C=O) groups is 1. The highest BCUT2D eigenvalue weighted by molar-refractivity contribution is 7.07. The molecule has 21 heavy (non-hydrogen) atoms. The lowest BCUT2D eigenvalue weighted by molar-refractivity contribution is 0.0950. The van der Waals surface area contributed by atoms with Gasteiger partial charge in [-0.25, -0.2) is 4.98 Å². The Morgan fingerprint density at radius 3 is 3.05 bits per heavy atom. The van der Waals surface area contributed by atoms with E-state index in [0.717, 1.165) is 16.8 Å². The summed E-state index contributed by atoms with van der Waals surface area (Å²) in [6.45, 7) is 2.34. The second-order valence-corrected chi connectivity index (χ2v) is 5.13. The number of aliphatic hydroxyl groups is 1. The Morgan fingerprint density at radius 1 is 1.48 bits per heavy atom. The third-order valence-electron chi connectivity index (χ3n) is 2.95. The molecule has 108 valence electrons. The van der Waals surface area contributed by atoms with Crippen LogP contribution < -0.4 is 5.32 Å². The molecule has 2 aromatic rings. The molecular formula is C16H16N2O2S. The number of amides is 1. The van der Waals surface area contributed by atoms with E-state index in [2.05, 4.69) is 22.1 Å². The first kappa shape index (κ1) is 15.2. The van der Waals surface area contributed by atoms with Gasteiger partial charge in [0.15, 0.2) is 0 Å². The summed E-state index contributed by atoms with van der Waals surface area (Å²) >= 11 is 1.50. The van der Waals surface area contributed by atoms with Gasteiger partial charge in [-0.05, 0) is 24.6 Å². The molecule has 0 aliphatic carbocycles. The van der Waals surface area contributed by atoms with Crippen molar-refractivity contribution in [3.63, 3.8) is 0 Å². The van der Waals surface area contributed by atoms with Crippen molar-refractivity contribution in [1.29, 1.82) is 0 Å². The molecule has 0 unspecified atom stereocenters. The van der Waals surface area contributed by atoms with Crippen molar-refractivity contribution in [3.05, 3.63) is 51.5 Å². The van der Waals surface area contributed by atoms with Gasteiger partial charge < -0.3 is 10.4 Å². The Hall–Kier alpha value is -2.16. The fourth-order valence-corrected chi connectivity index (χ4v) is 2.38. The average molecular weight is 300 g/mol. The Bertz CT molecular complexity index is 669. The average Bonchev–Trinajstić information content (AvgIpc) is 3.00. The van der Waals surface area contributed by atoms with Crippen LogP contribution in [0.3, 0.4) is 0 Å². The molecule has 0 aliphatic rings. The van der Waals surface area contributed by atoms with Crippen molar-refractivity contribution in [2.75, 3.05) is 6.61 Å². The summed E-state index contributed by atoms with van der Waals surface area (Å²) in [5.41, 5.74) is 4.86. The summed E-state index contributed by atoms with van der Waals surface area (Å²) < 4.78 is 0. The van der Waals surface area contributed by atoms with E-state index in [1.165, 1.54) is 11.3 Å². The van der Waals surface area contributed by atoms with Crippen LogP contribution in [0, 0.1) is 18.8 Å². The molecule has 1 aromatic heterocycles. The quantitative estimate of drug-likeness (QED) is 0.850. The molecule has 4 nitrogen and oxygen atoms in total. The Balaban J connectivity index is 2.10. The number of rotatable bonds is 4. The van der Waals surface area contributed by atoms with Crippen LogP contribution in [-0.2, 0) is 6.54 Å². The number of aromatic nitrogens is 1. The van der Waals surface area contributed by atoms with Crippen LogP contribution in [0.5, 0.6) is 0 Å². The predicted molar refractivity (Wildman–Crippen MR) is 83.0 cm³/mol. The van der Waals surface area contributed by atoms with Crippen LogP contribution in [0.1, 0.15) is 33.6 Å². The highest BCUT2D eigenvalue weighted by Gasteiger charge is 2.10. The van der Waals surface area contributed by atoms with Crippen LogP contribution in [0.2, 0.25) is 0 Å². The Kier molecular flexibility index (Phi) is 5.50. The summed E-state index contributed by atoms with van der Waals surface area (Å²) in [5.74, 6) is 5.72. The van der Waals surface area contributed by atoms with Gasteiger partial charge in [-0.15, -0.1) is 11.3 Å². The summed E-state index contributed by atoms with van der Waals surface area (Å²) in [6.07, 6.45) is 0.430. The van der Waals surface area contributed by atoms with Crippen molar-refractivity contribution >= 4 is 17.2 Å². The van der Waals surface area contributed by atoms with Gasteiger partial charge in [0.25, 0.3) is 5.91 Å². The zero-order valence-corrected chi connectivity index (χ0v) is 12.5. The zero-order valence-electron chi connectivity index (χ0n) is 11.7. The highest BCUT2D eigenvalue weighted by atomic mass is 32.1. The minimum absolute atomic E-state index is 0.0415. The smallest absolute Gasteiger partial charge is 0.251 e. The molecule has 0 saturated heterocycles. The maximum absolute atomic E-state index is 12.2. The molecule has 2 rings (SSSR count). The Morgan fingerprint density at radius 2 is 2.33 bits per heavy atom. The molecule has 0 aliphatic heterocycles. The predicted octanol–water partition coefficient (Wildman–Crippen LogP) is 2.12. The third kappa shape index (κ3) is 4.15. The van der Waals surface area contributed by atoms with Gasteiger partial charge in [-0.1, -0.05) is 17.9 Å². The van der Waals surface area contributed by atoms with Crippen LogP contribution in [-0.4, -0.2) is 22.6 Å². The van der Waals surface area contributed by atoms with Gasteiger partial charge in [0.05, 0.1) is 24.4 Å². The number of carbonyl (C=O) groups excluding carboxylic acids is 1. The number of hydrogen-bond acceptors (Lipinski definition) is 4. The molecule has 0 bridgehead atoms. The van der Waals surface area contributed by atoms with Gasteiger partial charge in [-0.3, -0.25) is 4.79 Å². The van der Waals surface area contributed by atoms with E-state index in [9.17, 15) is 4.79 Å². The van der Waals surface area contributed by atoms with Gasteiger partial charge in [0.2, 0.25) is 0 Å². The molecule has 0 radical (unpaired) electrons. The molecule has 1 aromatic carbocycles. The first-order valence-corrected chi connectivity index (χ1v) is 7.51. The van der Waals surface area contributed by atoms with Crippen LogP contribution in [0.25, 0.3) is 0 Å². The second-order valence-electron chi connectivity index (χ2n) is 4.42. The van der Waals surface area contributed by atoms with E-state index in [4.69, 9.17) is 5.11 Å². The number of aliphatic hydroxyl groups excluding tert-OH is 1. The molecular weight excluding hydrogens is 284 g/mol. The maximum atomic E-state index is 12.2. The Labute approximate surface area is 127 Å². The summed E-state index contributed by atoms with van der Waals surface area (Å²) in [4.78, 5) is 16.3. The van der Waals surface area contributed by atoms with Crippen molar-refractivity contribution in [3.8, 4) is 11.8 Å². The maximum Gasteiger partial charge on any atom is 0.251 e. The molecule has 1 amide bonds. The monoisotopic (exact) mass is 300 g/mol. The first-order valence-electron chi connectivity index (χ1n) is 6.57. The second kappa shape index (κ2) is 7.58. The largest absolute Gasteiger partial charge is 0.395 e. The SMILES string of the molecule is Cc1c(C#CCCO)cccc1C(=O)NCc1cscn1. The first-order chi connectivity index (χ1) is 10.2. The van der Waals surface area contributed by atoms with E-state index in [-0.39, 0.29) is 12.5 Å². The summed E-state index contributed by atoms with van der Waals surface area (Å²) in [6, 6.07) is 5.47. The van der Waals surface area contributed by atoms with Crippen molar-refractivity contribution < 1.29 is 9.90 Å². The van der Waals surface area contributed by atoms with Crippen molar-refractivity contribution in [2.45, 2.75) is 19.9 Å². The molecule has 0 spiro atoms. The summed E-state index contributed by atoms with van der Waals surface area (Å²) in [5, 5.41) is 13.5. The normalized spacial score (nSPS) is 9.81. The van der Waals surface area contributed by atoms with Gasteiger partial charge in [0, 0.05) is 22.9 Å². The molecule has 0 saturated carbocycles. The van der Waals surface area contributed by atoms with E-state index < -0.39 is 0 Å². The lowest BCUT2D eigenvalue weighted by Gasteiger charge is -2.08. The van der Waals surface area contributed by atoms with Crippen LogP contribution >= 0.6 is 11.3 Å². The van der Waals surface area contributed by atoms with Gasteiger partial charge >= 0.3 is 0 Å². The molecule has 1 heterocycles. The fraction of sp³-hybridized carbons (Fsp3) is 0.250. The number of hydrogen-bond donors (Lipinski definition) is 2. The lowest BCUT2D eigenvalue weighted by Crippen LogP contribution is -2.24. The number of nitrogens with one attached hydrogen (secondary N) is 1. The standard InChI is InChI=1S/C16H16N2O2S/c1-12-13(5-2-3-8-19)6-4-7-15(12)16(20)17-9-14-10-21-11-18-14/h4,6-7,10-11,19H,3,8-9H2,1H3,(H,17,20). The minimum Gasteiger partial charge on any atom is -0.395 e. The summed E-state index contributed by atoms with van der Waals surface area (Å²) in [7, 11) is 0. The van der Waals surface area contributed by atoms with Crippen LogP contribution in [0.4, 0.5) is 0 Å². The van der Waals surface area contributed by atoms with Crippen LogP contribution in [0.15, 0.2) is 29.1 Å². The number of nitrogens with zero attached hydrogens (tertiary/aromatic N) is 1. The molecule has 5 heteroatoms. The van der Waals surface area contributed by atoms with E-state index in [1.54, 1.807) is 11.6 Å².